The van der Waals surface area contributed by atoms with Gasteiger partial charge in [-0.3, -0.25) is 9.59 Å². The van der Waals surface area contributed by atoms with Gasteiger partial charge in [0, 0.05) is 30.3 Å². The van der Waals surface area contributed by atoms with Crippen molar-refractivity contribution in [2.45, 2.75) is 32.9 Å². The van der Waals surface area contributed by atoms with Crippen molar-refractivity contribution < 1.29 is 9.59 Å². The van der Waals surface area contributed by atoms with Gasteiger partial charge in [-0.05, 0) is 26.8 Å². The maximum atomic E-state index is 12.5. The summed E-state index contributed by atoms with van der Waals surface area (Å²) in [6.45, 7) is 5.87. The van der Waals surface area contributed by atoms with Gasteiger partial charge in [-0.1, -0.05) is 0 Å². The Bertz CT molecular complexity index is 583. The van der Waals surface area contributed by atoms with E-state index in [2.05, 4.69) is 4.98 Å². The lowest BCUT2D eigenvalue weighted by atomic mass is 10.2. The molecule has 1 fully saturated rings. The lowest BCUT2D eigenvalue weighted by Crippen LogP contribution is -2.49. The van der Waals surface area contributed by atoms with Gasteiger partial charge in [-0.2, -0.15) is 0 Å². The molecule has 0 unspecified atom stereocenters. The number of carbonyl (C=O) groups excluding carboxylic acids is 2. The first-order valence-corrected chi connectivity index (χ1v) is 9.19. The summed E-state index contributed by atoms with van der Waals surface area (Å²) >= 11 is 3.16. The highest BCUT2D eigenvalue weighted by atomic mass is 32.2. The van der Waals surface area contributed by atoms with Crippen molar-refractivity contribution in [2.75, 3.05) is 18.7 Å². The maximum Gasteiger partial charge on any atom is 0.248 e. The van der Waals surface area contributed by atoms with Crippen molar-refractivity contribution in [1.82, 2.24) is 14.8 Å². The fourth-order valence-corrected chi connectivity index (χ4v) is 3.80. The van der Waals surface area contributed by atoms with Gasteiger partial charge in [0.1, 0.15) is 6.04 Å². The minimum Gasteiger partial charge on any atom is -0.342 e. The highest BCUT2D eigenvalue weighted by Gasteiger charge is 2.35. The molecule has 22 heavy (non-hydrogen) atoms. The van der Waals surface area contributed by atoms with Crippen LogP contribution < -0.4 is 0 Å². The molecular formula is C15H21N3O2S2. The quantitative estimate of drug-likeness (QED) is 0.790. The van der Waals surface area contributed by atoms with Crippen LogP contribution in [0, 0.1) is 6.92 Å². The standard InChI is InChI=1S/C15H21N3O2S2/c1-10(2)17(4)15(20)13-8-21-9-18(13)14(19)6-5-12-7-22-11(3)16-12/h5-7,10,13H,8-9H2,1-4H3/b6-5+/t13-/m1/s1. The number of aromatic nitrogens is 1. The molecule has 1 aromatic rings. The van der Waals surface area contributed by atoms with E-state index >= 15 is 0 Å². The molecule has 1 aromatic heterocycles. The molecule has 2 rings (SSSR count). The number of rotatable bonds is 4. The highest BCUT2D eigenvalue weighted by Crippen LogP contribution is 2.23. The molecule has 0 aromatic carbocycles. The van der Waals surface area contributed by atoms with E-state index in [9.17, 15) is 9.59 Å². The molecule has 0 saturated carbocycles. The van der Waals surface area contributed by atoms with Crippen LogP contribution in [0.3, 0.4) is 0 Å². The smallest absolute Gasteiger partial charge is 0.248 e. The predicted molar refractivity (Wildman–Crippen MR) is 91.8 cm³/mol. The third-order valence-corrected chi connectivity index (χ3v) is 5.41. The molecule has 0 aliphatic carbocycles. The number of carbonyl (C=O) groups is 2. The summed E-state index contributed by atoms with van der Waals surface area (Å²) in [6, 6.07) is -0.240. The number of aryl methyl sites for hydroxylation is 1. The molecule has 120 valence electrons. The number of amides is 2. The molecule has 7 heteroatoms. The Morgan fingerprint density at radius 3 is 2.82 bits per heavy atom. The Labute approximate surface area is 139 Å². The largest absolute Gasteiger partial charge is 0.342 e. The van der Waals surface area contributed by atoms with E-state index in [1.54, 1.807) is 46.0 Å². The summed E-state index contributed by atoms with van der Waals surface area (Å²) in [5.74, 6) is 1.09. The van der Waals surface area contributed by atoms with E-state index in [-0.39, 0.29) is 23.9 Å². The monoisotopic (exact) mass is 339 g/mol. The Hall–Kier alpha value is -1.34. The molecular weight excluding hydrogens is 318 g/mol. The van der Waals surface area contributed by atoms with E-state index < -0.39 is 0 Å². The summed E-state index contributed by atoms with van der Waals surface area (Å²) in [7, 11) is 1.78. The van der Waals surface area contributed by atoms with Crippen molar-refractivity contribution in [2.24, 2.45) is 0 Å². The zero-order chi connectivity index (χ0) is 16.3. The first-order chi connectivity index (χ1) is 10.4. The molecule has 0 bridgehead atoms. The Balaban J connectivity index is 2.05. The van der Waals surface area contributed by atoms with E-state index in [4.69, 9.17) is 0 Å². The number of hydrogen-bond donors (Lipinski definition) is 0. The van der Waals surface area contributed by atoms with Crippen molar-refractivity contribution in [3.63, 3.8) is 0 Å². The molecule has 1 atom stereocenters. The van der Waals surface area contributed by atoms with E-state index in [1.165, 1.54) is 6.08 Å². The Morgan fingerprint density at radius 1 is 1.50 bits per heavy atom. The molecule has 0 N–H and O–H groups in total. The minimum atomic E-state index is -0.369. The third kappa shape index (κ3) is 3.89. The number of thiazole rings is 1. The maximum absolute atomic E-state index is 12.5. The van der Waals surface area contributed by atoms with Gasteiger partial charge in [0.15, 0.2) is 0 Å². The normalized spacial score (nSPS) is 18.4. The average molecular weight is 339 g/mol. The van der Waals surface area contributed by atoms with E-state index in [1.807, 2.05) is 26.2 Å². The number of hydrogen-bond acceptors (Lipinski definition) is 5. The van der Waals surface area contributed by atoms with E-state index in [0.717, 1.165) is 10.7 Å². The van der Waals surface area contributed by atoms with Gasteiger partial charge >= 0.3 is 0 Å². The SMILES string of the molecule is Cc1nc(/C=C/C(=O)N2CSC[C@@H]2C(=O)N(C)C(C)C)cs1. The van der Waals surface area contributed by atoms with Crippen LogP contribution in [0.1, 0.15) is 24.5 Å². The minimum absolute atomic E-state index is 0.00579. The van der Waals surface area contributed by atoms with Gasteiger partial charge < -0.3 is 9.80 Å². The summed E-state index contributed by atoms with van der Waals surface area (Å²) in [4.78, 5) is 32.5. The number of thioether (sulfide) groups is 1. The zero-order valence-corrected chi connectivity index (χ0v) is 14.9. The molecule has 2 amide bonds. The Morgan fingerprint density at radius 2 is 2.23 bits per heavy atom. The van der Waals surface area contributed by atoms with Gasteiger partial charge in [0.2, 0.25) is 11.8 Å². The first-order valence-electron chi connectivity index (χ1n) is 7.15. The second-order valence-corrected chi connectivity index (χ2v) is 7.55. The summed E-state index contributed by atoms with van der Waals surface area (Å²) in [6.07, 6.45) is 3.22. The molecule has 0 spiro atoms. The van der Waals surface area contributed by atoms with Crippen LogP contribution in [0.4, 0.5) is 0 Å². The van der Waals surface area contributed by atoms with Crippen molar-refractivity contribution in [1.29, 1.82) is 0 Å². The van der Waals surface area contributed by atoms with Crippen LogP contribution in [0.15, 0.2) is 11.5 Å². The van der Waals surface area contributed by atoms with Crippen molar-refractivity contribution in [3.05, 3.63) is 22.2 Å². The van der Waals surface area contributed by atoms with Gasteiger partial charge in [-0.15, -0.1) is 23.1 Å². The highest BCUT2D eigenvalue weighted by molar-refractivity contribution is 7.99. The lowest BCUT2D eigenvalue weighted by Gasteiger charge is -2.29. The second kappa shape index (κ2) is 7.28. The number of nitrogens with zero attached hydrogens (tertiary/aromatic N) is 3. The van der Waals surface area contributed by atoms with Crippen molar-refractivity contribution in [3.8, 4) is 0 Å². The summed E-state index contributed by atoms with van der Waals surface area (Å²) in [5.41, 5.74) is 0.782. The van der Waals surface area contributed by atoms with Gasteiger partial charge in [0.25, 0.3) is 0 Å². The van der Waals surface area contributed by atoms with Crippen LogP contribution in [0.25, 0.3) is 6.08 Å². The van der Waals surface area contributed by atoms with Gasteiger partial charge in [0.05, 0.1) is 16.6 Å². The predicted octanol–water partition coefficient (Wildman–Crippen LogP) is 2.23. The fourth-order valence-electron chi connectivity index (χ4n) is 2.06. The van der Waals surface area contributed by atoms with Crippen LogP contribution in [-0.4, -0.2) is 57.4 Å². The van der Waals surface area contributed by atoms with E-state index in [0.29, 0.717) is 11.6 Å². The Kier molecular flexibility index (Phi) is 5.63. The number of likely N-dealkylation sites (N-methyl/N-ethyl adjacent to an activating group) is 1. The second-order valence-electron chi connectivity index (χ2n) is 5.49. The summed E-state index contributed by atoms with van der Waals surface area (Å²) < 4.78 is 0. The van der Waals surface area contributed by atoms with Crippen molar-refractivity contribution >= 4 is 41.0 Å². The zero-order valence-electron chi connectivity index (χ0n) is 13.3. The van der Waals surface area contributed by atoms with Crippen LogP contribution in [-0.2, 0) is 9.59 Å². The molecule has 1 aliphatic heterocycles. The summed E-state index contributed by atoms with van der Waals surface area (Å²) in [5, 5.41) is 2.88. The average Bonchev–Trinajstić information content (AvgIpc) is 3.11. The lowest BCUT2D eigenvalue weighted by molar-refractivity contribution is -0.141. The van der Waals surface area contributed by atoms with Crippen LogP contribution >= 0.6 is 23.1 Å². The first kappa shape index (κ1) is 17.0. The fraction of sp³-hybridized carbons (Fsp3) is 0.533. The topological polar surface area (TPSA) is 53.5 Å². The van der Waals surface area contributed by atoms with Crippen LogP contribution in [0.2, 0.25) is 0 Å². The van der Waals surface area contributed by atoms with Crippen LogP contribution in [0.5, 0.6) is 0 Å². The molecule has 2 heterocycles. The third-order valence-electron chi connectivity index (χ3n) is 3.61. The van der Waals surface area contributed by atoms with Gasteiger partial charge in [-0.25, -0.2) is 4.98 Å². The molecule has 0 radical (unpaired) electrons. The molecule has 1 aliphatic rings. The molecule has 1 saturated heterocycles. The molecule has 5 nitrogen and oxygen atoms in total.